The number of hydrogen-bond acceptors (Lipinski definition) is 9. The maximum Gasteiger partial charge on any atom is 0.410 e. The molecule has 1 N–H and O–H groups in total. The van der Waals surface area contributed by atoms with Crippen LogP contribution in [0.15, 0.2) is 29.2 Å². The summed E-state index contributed by atoms with van der Waals surface area (Å²) >= 11 is 1.21. The lowest BCUT2D eigenvalue weighted by molar-refractivity contribution is -0.0440. The monoisotopic (exact) mass is 579 g/mol. The summed E-state index contributed by atoms with van der Waals surface area (Å²) in [7, 11) is -3.75. The fraction of sp³-hybridized carbons (Fsp3) is 0.500. The molecular weight excluding hydrogens is 546 g/mol. The average Bonchev–Trinajstić information content (AvgIpc) is 3.25. The van der Waals surface area contributed by atoms with Crippen molar-refractivity contribution in [2.24, 2.45) is 0 Å². The number of ether oxygens (including phenoxy) is 3. The number of rotatable bonds is 7. The van der Waals surface area contributed by atoms with Crippen LogP contribution in [0, 0.1) is 0 Å². The number of anilines is 1. The number of carbonyl (C=O) groups is 3. The number of sulfonamides is 1. The predicted molar refractivity (Wildman–Crippen MR) is 145 cm³/mol. The molecule has 1 fully saturated rings. The van der Waals surface area contributed by atoms with E-state index in [1.165, 1.54) is 39.9 Å². The highest BCUT2D eigenvalue weighted by Crippen LogP contribution is 2.38. The van der Waals surface area contributed by atoms with Crippen LogP contribution in [-0.2, 0) is 37.2 Å². The van der Waals surface area contributed by atoms with Crippen molar-refractivity contribution >= 4 is 44.3 Å². The van der Waals surface area contributed by atoms with Crippen LogP contribution in [0.2, 0.25) is 0 Å². The van der Waals surface area contributed by atoms with Gasteiger partial charge in [-0.15, -0.1) is 11.3 Å². The zero-order chi connectivity index (χ0) is 28.3. The third kappa shape index (κ3) is 6.26. The first-order valence-corrected chi connectivity index (χ1v) is 15.1. The molecule has 39 heavy (non-hydrogen) atoms. The SMILES string of the molecule is CCOC(=O)c1c(NC(=O)c2ccc(S(=O)(=O)N3C[C@@H](C)O[C@@H](C)C3)cc2)sc2c1CCN(C(=O)OCC)C2. The summed E-state index contributed by atoms with van der Waals surface area (Å²) in [5, 5.41) is 3.11. The first kappa shape index (κ1) is 29.0. The molecule has 0 saturated carbocycles. The molecule has 0 unspecified atom stereocenters. The summed E-state index contributed by atoms with van der Waals surface area (Å²) in [6, 6.07) is 5.68. The lowest BCUT2D eigenvalue weighted by Gasteiger charge is -2.34. The van der Waals surface area contributed by atoms with Crippen LogP contribution in [0.3, 0.4) is 0 Å². The van der Waals surface area contributed by atoms with Crippen molar-refractivity contribution in [2.45, 2.75) is 57.8 Å². The van der Waals surface area contributed by atoms with Gasteiger partial charge in [-0.1, -0.05) is 0 Å². The molecule has 2 aromatic rings. The maximum absolute atomic E-state index is 13.1. The first-order chi connectivity index (χ1) is 18.5. The van der Waals surface area contributed by atoms with Crippen LogP contribution in [-0.4, -0.2) is 80.6 Å². The standard InChI is InChI=1S/C26H33N3O8S2/c1-5-35-25(31)22-20-11-12-28(26(32)36-6-2)15-21(20)38-24(22)27-23(30)18-7-9-19(10-8-18)39(33,34)29-13-16(3)37-17(4)14-29/h7-10,16-17H,5-6,11-15H2,1-4H3,(H,27,30)/t16-,17+. The second kappa shape index (κ2) is 12.0. The van der Waals surface area contributed by atoms with E-state index in [9.17, 15) is 22.8 Å². The van der Waals surface area contributed by atoms with Crippen LogP contribution >= 0.6 is 11.3 Å². The van der Waals surface area contributed by atoms with E-state index in [0.29, 0.717) is 18.0 Å². The lowest BCUT2D eigenvalue weighted by atomic mass is 10.0. The summed E-state index contributed by atoms with van der Waals surface area (Å²) in [4.78, 5) is 40.6. The minimum absolute atomic E-state index is 0.0817. The molecule has 11 nitrogen and oxygen atoms in total. The van der Waals surface area contributed by atoms with Gasteiger partial charge in [0.15, 0.2) is 0 Å². The van der Waals surface area contributed by atoms with Crippen LogP contribution < -0.4 is 5.32 Å². The predicted octanol–water partition coefficient (Wildman–Crippen LogP) is 3.49. The van der Waals surface area contributed by atoms with Crippen LogP contribution in [0.5, 0.6) is 0 Å². The summed E-state index contributed by atoms with van der Waals surface area (Å²) in [5.41, 5.74) is 1.25. The van der Waals surface area contributed by atoms with Crippen LogP contribution in [0.4, 0.5) is 9.80 Å². The van der Waals surface area contributed by atoms with Gasteiger partial charge in [-0.2, -0.15) is 4.31 Å². The molecule has 0 bridgehead atoms. The van der Waals surface area contributed by atoms with Gasteiger partial charge in [0.1, 0.15) is 5.00 Å². The Hall–Kier alpha value is -3.00. The fourth-order valence-corrected chi connectivity index (χ4v) is 7.55. The molecule has 3 heterocycles. The summed E-state index contributed by atoms with van der Waals surface area (Å²) in [5.74, 6) is -1.05. The highest BCUT2D eigenvalue weighted by Gasteiger charge is 2.33. The van der Waals surface area contributed by atoms with Gasteiger partial charge in [0.05, 0.1) is 42.4 Å². The molecule has 0 radical (unpaired) electrons. The molecule has 0 spiro atoms. The molecule has 0 aliphatic carbocycles. The van der Waals surface area contributed by atoms with Crippen molar-refractivity contribution in [3.63, 3.8) is 0 Å². The third-order valence-electron chi connectivity index (χ3n) is 6.43. The lowest BCUT2D eigenvalue weighted by Crippen LogP contribution is -2.48. The van der Waals surface area contributed by atoms with E-state index in [1.807, 2.05) is 13.8 Å². The number of amides is 2. The van der Waals surface area contributed by atoms with Crippen molar-refractivity contribution in [3.8, 4) is 0 Å². The van der Waals surface area contributed by atoms with E-state index in [0.717, 1.165) is 10.4 Å². The van der Waals surface area contributed by atoms with Crippen molar-refractivity contribution in [3.05, 3.63) is 45.8 Å². The molecule has 13 heteroatoms. The number of carbonyl (C=O) groups excluding carboxylic acids is 3. The Morgan fingerprint density at radius 3 is 2.31 bits per heavy atom. The minimum atomic E-state index is -3.75. The quantitative estimate of drug-likeness (QED) is 0.493. The van der Waals surface area contributed by atoms with Gasteiger partial charge < -0.3 is 24.4 Å². The van der Waals surface area contributed by atoms with Gasteiger partial charge in [-0.3, -0.25) is 4.79 Å². The van der Waals surface area contributed by atoms with Gasteiger partial charge in [0.25, 0.3) is 5.91 Å². The molecule has 2 aliphatic rings. The number of esters is 1. The molecule has 1 aromatic carbocycles. The number of nitrogens with zero attached hydrogens (tertiary/aromatic N) is 2. The highest BCUT2D eigenvalue weighted by molar-refractivity contribution is 7.89. The van der Waals surface area contributed by atoms with Gasteiger partial charge >= 0.3 is 12.1 Å². The number of benzene rings is 1. The topological polar surface area (TPSA) is 132 Å². The molecule has 1 saturated heterocycles. The second-order valence-corrected chi connectivity index (χ2v) is 12.4. The third-order valence-corrected chi connectivity index (χ3v) is 9.41. The van der Waals surface area contributed by atoms with E-state index in [4.69, 9.17) is 14.2 Å². The maximum atomic E-state index is 13.1. The van der Waals surface area contributed by atoms with E-state index in [1.54, 1.807) is 18.7 Å². The van der Waals surface area contributed by atoms with E-state index >= 15 is 0 Å². The van der Waals surface area contributed by atoms with Crippen molar-refractivity contribution in [2.75, 3.05) is 38.2 Å². The molecule has 2 atom stereocenters. The summed E-state index contributed by atoms with van der Waals surface area (Å²) in [6.07, 6.45) is -0.456. The smallest absolute Gasteiger partial charge is 0.410 e. The Morgan fingerprint density at radius 1 is 1.05 bits per heavy atom. The summed E-state index contributed by atoms with van der Waals surface area (Å²) < 4.78 is 43.7. The molecule has 4 rings (SSSR count). The summed E-state index contributed by atoms with van der Waals surface area (Å²) in [6.45, 7) is 8.65. The Morgan fingerprint density at radius 2 is 1.69 bits per heavy atom. The van der Waals surface area contributed by atoms with Gasteiger partial charge in [0, 0.05) is 30.1 Å². The first-order valence-electron chi connectivity index (χ1n) is 12.9. The zero-order valence-electron chi connectivity index (χ0n) is 22.4. The van der Waals surface area contributed by atoms with E-state index in [2.05, 4.69) is 5.32 Å². The zero-order valence-corrected chi connectivity index (χ0v) is 24.0. The van der Waals surface area contributed by atoms with Gasteiger partial charge in [0.2, 0.25) is 10.0 Å². The minimum Gasteiger partial charge on any atom is -0.462 e. The van der Waals surface area contributed by atoms with Crippen LogP contribution in [0.1, 0.15) is 58.9 Å². The number of thiophene rings is 1. The number of morpholine rings is 1. The van der Waals surface area contributed by atoms with E-state index in [-0.39, 0.29) is 61.1 Å². The van der Waals surface area contributed by atoms with Crippen molar-refractivity contribution < 1.29 is 37.0 Å². The van der Waals surface area contributed by atoms with Gasteiger partial charge in [-0.05, 0) is 63.9 Å². The number of fused-ring (bicyclic) bond motifs is 1. The van der Waals surface area contributed by atoms with Gasteiger partial charge in [-0.25, -0.2) is 18.0 Å². The van der Waals surface area contributed by atoms with Crippen molar-refractivity contribution in [1.82, 2.24) is 9.21 Å². The Balaban J connectivity index is 1.55. The normalized spacial score (nSPS) is 19.7. The molecule has 2 amide bonds. The number of hydrogen-bond donors (Lipinski definition) is 1. The Bertz CT molecular complexity index is 1330. The Labute approximate surface area is 232 Å². The van der Waals surface area contributed by atoms with Crippen LogP contribution in [0.25, 0.3) is 0 Å². The highest BCUT2D eigenvalue weighted by atomic mass is 32.2. The Kier molecular flexibility index (Phi) is 8.94. The number of nitrogens with one attached hydrogen (secondary N) is 1. The largest absolute Gasteiger partial charge is 0.462 e. The molecule has 2 aliphatic heterocycles. The van der Waals surface area contributed by atoms with Crippen molar-refractivity contribution in [1.29, 1.82) is 0 Å². The van der Waals surface area contributed by atoms with E-state index < -0.39 is 28.0 Å². The average molecular weight is 580 g/mol. The molecule has 212 valence electrons. The fourth-order valence-electron chi connectivity index (χ4n) is 4.71. The molecular formula is C26H33N3O8S2. The second-order valence-electron chi connectivity index (χ2n) is 9.36. The molecule has 1 aromatic heterocycles.